The van der Waals surface area contributed by atoms with Crippen molar-refractivity contribution >= 4 is 34.9 Å². The molecule has 3 rings (SSSR count). The summed E-state index contributed by atoms with van der Waals surface area (Å²) in [6.07, 6.45) is -0.120. The molecule has 178 valence electrons. The fraction of sp³-hybridized carbons (Fsp3) is 0.417. The topological polar surface area (TPSA) is 91.9 Å². The molecule has 8 nitrogen and oxygen atoms in total. The molecular formula is C24H31ClN4O4. The number of likely N-dealkylation sites (N-methyl/N-ethyl adjacent to an activating group) is 1. The van der Waals surface area contributed by atoms with Crippen LogP contribution >= 0.6 is 11.6 Å². The highest BCUT2D eigenvalue weighted by atomic mass is 35.5. The van der Waals surface area contributed by atoms with Crippen LogP contribution in [0.25, 0.3) is 0 Å². The largest absolute Gasteiger partial charge is 0.491 e. The Hall–Kier alpha value is -2.81. The monoisotopic (exact) mass is 474 g/mol. The van der Waals surface area contributed by atoms with E-state index in [0.29, 0.717) is 40.9 Å². The first-order valence-electron chi connectivity index (χ1n) is 10.9. The van der Waals surface area contributed by atoms with Gasteiger partial charge in [-0.05, 0) is 43.2 Å². The standard InChI is InChI=1S/C24H31ClN4O4/c1-15-12-26-16(2)14-33-21-10-9-17(11-18(21)23(30)29(3)13-22(15)32-4)27-24(31)28-20-8-6-5-7-19(20)25/h5-11,15-16,22,26H,12-14H2,1-4H3,(H2,27,28,31)/t15-,16+,22+/m0/s1. The Morgan fingerprint density at radius 2 is 1.97 bits per heavy atom. The van der Waals surface area contributed by atoms with Crippen molar-refractivity contribution in [2.75, 3.05) is 44.5 Å². The second kappa shape index (κ2) is 11.4. The number of methoxy groups -OCH3 is 1. The fourth-order valence-electron chi connectivity index (χ4n) is 3.59. The number of halogens is 1. The summed E-state index contributed by atoms with van der Waals surface area (Å²) in [7, 11) is 3.39. The molecule has 0 saturated carbocycles. The molecule has 0 radical (unpaired) electrons. The van der Waals surface area contributed by atoms with Crippen LogP contribution in [0.3, 0.4) is 0 Å². The van der Waals surface area contributed by atoms with Gasteiger partial charge in [0, 0.05) is 39.0 Å². The van der Waals surface area contributed by atoms with Crippen LogP contribution in [0, 0.1) is 5.92 Å². The maximum Gasteiger partial charge on any atom is 0.323 e. The van der Waals surface area contributed by atoms with E-state index < -0.39 is 6.03 Å². The van der Waals surface area contributed by atoms with Gasteiger partial charge >= 0.3 is 6.03 Å². The van der Waals surface area contributed by atoms with Gasteiger partial charge < -0.3 is 30.3 Å². The Morgan fingerprint density at radius 1 is 1.21 bits per heavy atom. The molecule has 3 N–H and O–H groups in total. The number of amides is 3. The van der Waals surface area contributed by atoms with Crippen LogP contribution in [0.5, 0.6) is 5.75 Å². The number of nitrogens with one attached hydrogen (secondary N) is 3. The first-order chi connectivity index (χ1) is 15.8. The number of rotatable bonds is 3. The summed E-state index contributed by atoms with van der Waals surface area (Å²) in [5.41, 5.74) is 1.31. The minimum atomic E-state index is -0.469. The molecule has 0 saturated heterocycles. The van der Waals surface area contributed by atoms with Crippen molar-refractivity contribution in [2.45, 2.75) is 26.0 Å². The summed E-state index contributed by atoms with van der Waals surface area (Å²) in [6.45, 7) is 5.70. The molecule has 33 heavy (non-hydrogen) atoms. The zero-order valence-corrected chi connectivity index (χ0v) is 20.1. The van der Waals surface area contributed by atoms with E-state index in [4.69, 9.17) is 21.1 Å². The molecule has 0 fully saturated rings. The van der Waals surface area contributed by atoms with Crippen molar-refractivity contribution in [2.24, 2.45) is 5.92 Å². The van der Waals surface area contributed by atoms with Crippen molar-refractivity contribution < 1.29 is 19.1 Å². The summed E-state index contributed by atoms with van der Waals surface area (Å²) < 4.78 is 11.6. The molecule has 2 aromatic carbocycles. The molecule has 2 aromatic rings. The number of ether oxygens (including phenoxy) is 2. The number of hydrogen-bond acceptors (Lipinski definition) is 5. The number of benzene rings is 2. The summed E-state index contributed by atoms with van der Waals surface area (Å²) in [4.78, 5) is 27.4. The highest BCUT2D eigenvalue weighted by Gasteiger charge is 2.25. The average molecular weight is 475 g/mol. The molecule has 3 amide bonds. The van der Waals surface area contributed by atoms with E-state index in [9.17, 15) is 9.59 Å². The lowest BCUT2D eigenvalue weighted by atomic mass is 10.0. The van der Waals surface area contributed by atoms with Gasteiger partial charge in [-0.1, -0.05) is 30.7 Å². The van der Waals surface area contributed by atoms with E-state index in [0.717, 1.165) is 6.54 Å². The molecule has 3 atom stereocenters. The summed E-state index contributed by atoms with van der Waals surface area (Å²) in [5, 5.41) is 9.34. The van der Waals surface area contributed by atoms with Gasteiger partial charge in [-0.2, -0.15) is 0 Å². The van der Waals surface area contributed by atoms with Crippen LogP contribution in [0.15, 0.2) is 42.5 Å². The zero-order valence-electron chi connectivity index (χ0n) is 19.4. The first-order valence-corrected chi connectivity index (χ1v) is 11.3. The zero-order chi connectivity index (χ0) is 24.0. The maximum atomic E-state index is 13.3. The minimum Gasteiger partial charge on any atom is -0.491 e. The number of nitrogens with zero attached hydrogens (tertiary/aromatic N) is 1. The molecule has 0 unspecified atom stereocenters. The van der Waals surface area contributed by atoms with Crippen LogP contribution in [0.1, 0.15) is 24.2 Å². The molecule has 1 aliphatic rings. The summed E-state index contributed by atoms with van der Waals surface area (Å²) in [5.74, 6) is 0.448. The molecule has 0 spiro atoms. The van der Waals surface area contributed by atoms with E-state index in [1.807, 2.05) is 6.92 Å². The fourth-order valence-corrected chi connectivity index (χ4v) is 3.77. The van der Waals surface area contributed by atoms with Crippen LogP contribution in [-0.4, -0.2) is 62.8 Å². The van der Waals surface area contributed by atoms with Gasteiger partial charge in [0.15, 0.2) is 0 Å². The Kier molecular flexibility index (Phi) is 8.55. The average Bonchev–Trinajstić information content (AvgIpc) is 2.80. The summed E-state index contributed by atoms with van der Waals surface area (Å²) in [6, 6.07) is 11.6. The highest BCUT2D eigenvalue weighted by Crippen LogP contribution is 2.26. The van der Waals surface area contributed by atoms with Gasteiger partial charge in [0.05, 0.1) is 22.4 Å². The molecule has 0 aliphatic carbocycles. The number of anilines is 2. The molecule has 0 bridgehead atoms. The predicted molar refractivity (Wildman–Crippen MR) is 130 cm³/mol. The van der Waals surface area contributed by atoms with Crippen LogP contribution < -0.4 is 20.7 Å². The lowest BCUT2D eigenvalue weighted by molar-refractivity contribution is 0.0281. The SMILES string of the molecule is CO[C@@H]1CN(C)C(=O)c2cc(NC(=O)Nc3ccccc3Cl)ccc2OC[C@@H](C)NC[C@@H]1C. The number of carbonyl (C=O) groups excluding carboxylic acids is 2. The Morgan fingerprint density at radius 3 is 2.70 bits per heavy atom. The van der Waals surface area contributed by atoms with E-state index in [-0.39, 0.29) is 24.0 Å². The minimum absolute atomic E-state index is 0.0873. The smallest absolute Gasteiger partial charge is 0.323 e. The van der Waals surface area contributed by atoms with Crippen LogP contribution in [-0.2, 0) is 4.74 Å². The summed E-state index contributed by atoms with van der Waals surface area (Å²) >= 11 is 6.11. The van der Waals surface area contributed by atoms with Crippen molar-refractivity contribution in [1.29, 1.82) is 0 Å². The van der Waals surface area contributed by atoms with Crippen LogP contribution in [0.2, 0.25) is 5.02 Å². The number of para-hydroxylation sites is 1. The second-order valence-corrected chi connectivity index (χ2v) is 8.73. The quantitative estimate of drug-likeness (QED) is 0.623. The Bertz CT molecular complexity index is 987. The maximum absolute atomic E-state index is 13.3. The van der Waals surface area contributed by atoms with Gasteiger partial charge in [0.25, 0.3) is 5.91 Å². The van der Waals surface area contributed by atoms with Crippen molar-refractivity contribution in [3.05, 3.63) is 53.1 Å². The van der Waals surface area contributed by atoms with Gasteiger partial charge in [-0.25, -0.2) is 4.79 Å². The third-order valence-corrected chi connectivity index (χ3v) is 5.93. The first kappa shape index (κ1) is 24.8. The van der Waals surface area contributed by atoms with Gasteiger partial charge in [0.1, 0.15) is 12.4 Å². The number of urea groups is 1. The van der Waals surface area contributed by atoms with E-state index >= 15 is 0 Å². The molecule has 0 aromatic heterocycles. The Balaban J connectivity index is 1.83. The molecular weight excluding hydrogens is 444 g/mol. The van der Waals surface area contributed by atoms with Crippen molar-refractivity contribution in [3.8, 4) is 5.75 Å². The molecule has 9 heteroatoms. The van der Waals surface area contributed by atoms with E-state index in [1.54, 1.807) is 61.5 Å². The van der Waals surface area contributed by atoms with Gasteiger partial charge in [0.2, 0.25) is 0 Å². The van der Waals surface area contributed by atoms with Gasteiger partial charge in [-0.15, -0.1) is 0 Å². The lowest BCUT2D eigenvalue weighted by Crippen LogP contribution is -2.44. The third kappa shape index (κ3) is 6.60. The molecule has 1 heterocycles. The number of carbonyl (C=O) groups is 2. The van der Waals surface area contributed by atoms with Crippen LogP contribution in [0.4, 0.5) is 16.2 Å². The van der Waals surface area contributed by atoms with Crippen molar-refractivity contribution in [3.63, 3.8) is 0 Å². The third-order valence-electron chi connectivity index (χ3n) is 5.60. The van der Waals surface area contributed by atoms with E-state index in [1.165, 1.54) is 0 Å². The molecule has 1 aliphatic heterocycles. The predicted octanol–water partition coefficient (Wildman–Crippen LogP) is 4.08. The van der Waals surface area contributed by atoms with Gasteiger partial charge in [-0.3, -0.25) is 4.79 Å². The van der Waals surface area contributed by atoms with E-state index in [2.05, 4.69) is 22.9 Å². The number of hydrogen-bond donors (Lipinski definition) is 3. The highest BCUT2D eigenvalue weighted by molar-refractivity contribution is 6.33. The normalized spacial score (nSPS) is 21.8. The number of fused-ring (bicyclic) bond motifs is 1. The van der Waals surface area contributed by atoms with Crippen molar-refractivity contribution in [1.82, 2.24) is 10.2 Å². The Labute approximate surface area is 199 Å². The lowest BCUT2D eigenvalue weighted by Gasteiger charge is -2.30. The second-order valence-electron chi connectivity index (χ2n) is 8.33.